The largest absolute Gasteiger partial charge is 0.456 e. The molecule has 2 saturated carbocycles. The number of ether oxygens (including phenoxy) is 3. The van der Waals surface area contributed by atoms with Crippen LogP contribution in [0.4, 0.5) is 0 Å². The number of nitrogens with one attached hydrogen (secondary N) is 1. The standard InChI is InChI=1S/C43H68N4O10/c1-3-24(20-48)41(54)56-32-18-30-38(53)35-31(52)17-29(21-49)55-40(35)36-37(25-11-13-46-34(45)15-25)43(22-50,27-6-4-8-28(51)16-27)12-5-7-26(42(32,2)57-39(30)36)14-23-9-10-33(44)47-19-23/h3,23,25-30,32-40,46-51,53H,4,6-11,13-22,44-45H2,1-2H3/p+1. The van der Waals surface area contributed by atoms with E-state index in [0.29, 0.717) is 38.6 Å². The Morgan fingerprint density at radius 1 is 1.09 bits per heavy atom. The highest BCUT2D eigenvalue weighted by atomic mass is 16.6. The predicted molar refractivity (Wildman–Crippen MR) is 208 cm³/mol. The molecule has 0 spiro atoms. The molecule has 18 atom stereocenters. The Labute approximate surface area is 337 Å². The van der Waals surface area contributed by atoms with Gasteiger partial charge in [0.05, 0.1) is 80.0 Å². The van der Waals surface area contributed by atoms with Gasteiger partial charge in [0.2, 0.25) is 0 Å². The Morgan fingerprint density at radius 3 is 2.56 bits per heavy atom. The van der Waals surface area contributed by atoms with Crippen LogP contribution < -0.4 is 22.1 Å². The van der Waals surface area contributed by atoms with Crippen LogP contribution in [0.3, 0.4) is 0 Å². The van der Waals surface area contributed by atoms with E-state index in [-0.39, 0.29) is 73.4 Å². The average Bonchev–Trinajstić information content (AvgIpc) is 3.19. The lowest BCUT2D eigenvalue weighted by Gasteiger charge is -2.63. The van der Waals surface area contributed by atoms with E-state index in [9.17, 15) is 35.1 Å². The van der Waals surface area contributed by atoms with Crippen LogP contribution in [-0.4, -0.2) is 125 Å². The molecule has 7 rings (SSSR count). The average molecular weight is 802 g/mol. The van der Waals surface area contributed by atoms with Crippen molar-refractivity contribution >= 4 is 11.8 Å². The topological polar surface area (TPSA) is 244 Å². The van der Waals surface area contributed by atoms with Crippen LogP contribution in [0.25, 0.3) is 0 Å². The van der Waals surface area contributed by atoms with E-state index in [2.05, 4.69) is 22.5 Å². The number of carbonyl (C=O) groups excluding carboxylic acids is 2. The highest BCUT2D eigenvalue weighted by Gasteiger charge is 2.67. The van der Waals surface area contributed by atoms with Crippen molar-refractivity contribution in [1.29, 1.82) is 0 Å². The van der Waals surface area contributed by atoms with Crippen LogP contribution in [0.2, 0.25) is 0 Å². The third kappa shape index (κ3) is 8.25. The molecule has 320 valence electrons. The molecular formula is C43H69N4O10+. The molecule has 6 fully saturated rings. The molecule has 2 bridgehead atoms. The van der Waals surface area contributed by atoms with Crippen molar-refractivity contribution in [2.24, 2.45) is 64.2 Å². The number of rotatable bonds is 9. The van der Waals surface area contributed by atoms with Crippen LogP contribution in [0.5, 0.6) is 0 Å². The third-order valence-corrected chi connectivity index (χ3v) is 15.7. The first-order valence-corrected chi connectivity index (χ1v) is 21.9. The molecule has 0 aromatic rings. The maximum Gasteiger partial charge on any atom is 0.336 e. The number of Topliss-reactive ketones (excluding diaryl/α,β-unsaturated/α-hetero) is 1. The number of ketones is 1. The summed E-state index contributed by atoms with van der Waals surface area (Å²) < 4.78 is 20.8. The lowest BCUT2D eigenvalue weighted by Crippen LogP contribution is -2.95. The molecule has 2 aliphatic carbocycles. The fourth-order valence-corrected chi connectivity index (χ4v) is 12.6. The van der Waals surface area contributed by atoms with Gasteiger partial charge in [-0.25, -0.2) is 4.79 Å². The van der Waals surface area contributed by atoms with E-state index >= 15 is 0 Å². The first-order chi connectivity index (χ1) is 27.4. The van der Waals surface area contributed by atoms with Crippen molar-refractivity contribution < 1.29 is 54.6 Å². The number of quaternary nitrogens is 1. The summed E-state index contributed by atoms with van der Waals surface area (Å²) in [4.78, 5) is 28.0. The Bertz CT molecular complexity index is 1530. The smallest absolute Gasteiger partial charge is 0.336 e. The number of piperidine rings is 2. The molecular weight excluding hydrogens is 732 g/mol. The van der Waals surface area contributed by atoms with E-state index in [0.717, 1.165) is 38.6 Å². The van der Waals surface area contributed by atoms with E-state index in [1.54, 1.807) is 6.92 Å². The summed E-state index contributed by atoms with van der Waals surface area (Å²) in [5.41, 5.74) is 10.9. The molecule has 14 nitrogen and oxygen atoms in total. The Balaban J connectivity index is 1.44. The minimum atomic E-state index is -1.20. The van der Waals surface area contributed by atoms with Crippen molar-refractivity contribution in [1.82, 2.24) is 5.32 Å². The summed E-state index contributed by atoms with van der Waals surface area (Å²) in [5.74, 6) is 3.63. The quantitative estimate of drug-likeness (QED) is 0.0807. The normalized spacial score (nSPS) is 47.9. The molecule has 7 aliphatic rings. The molecule has 0 amide bonds. The van der Waals surface area contributed by atoms with Gasteiger partial charge in [0.25, 0.3) is 0 Å². The highest BCUT2D eigenvalue weighted by molar-refractivity contribution is 5.88. The molecule has 0 aromatic carbocycles. The number of aliphatic hydroxyl groups is 5. The zero-order chi connectivity index (χ0) is 40.6. The molecule has 5 heterocycles. The number of esters is 1. The molecule has 57 heavy (non-hydrogen) atoms. The SMILES string of the molecule is CC=C(CO)C(=O)OC1CC2C(O)C3C(=O)CC(CO)OC3C3C2OC1(C)C(CC1CCC(N)[NH2+]C1)CC#CC(CO)(C1CCCC(O)C1)C3C1CCNC(N)C1. The van der Waals surface area contributed by atoms with Crippen molar-refractivity contribution in [2.75, 3.05) is 32.9 Å². The van der Waals surface area contributed by atoms with Gasteiger partial charge in [-0.3, -0.25) is 10.5 Å². The minimum Gasteiger partial charge on any atom is -0.456 e. The van der Waals surface area contributed by atoms with Gasteiger partial charge in [0, 0.05) is 42.9 Å². The van der Waals surface area contributed by atoms with Gasteiger partial charge in [-0.2, -0.15) is 0 Å². The summed E-state index contributed by atoms with van der Waals surface area (Å²) in [6, 6.07) is 0. The summed E-state index contributed by atoms with van der Waals surface area (Å²) in [5, 5.41) is 61.7. The molecule has 18 unspecified atom stereocenters. The second kappa shape index (κ2) is 17.9. The van der Waals surface area contributed by atoms with Gasteiger partial charge in [-0.15, -0.1) is 5.92 Å². The fraction of sp³-hybridized carbons (Fsp3) is 0.860. The number of aliphatic hydroxyl groups excluding tert-OH is 5. The molecule has 5 aliphatic heterocycles. The summed E-state index contributed by atoms with van der Waals surface area (Å²) >= 11 is 0. The maximum atomic E-state index is 14.3. The van der Waals surface area contributed by atoms with Gasteiger partial charge in [0.1, 0.15) is 23.7 Å². The molecule has 4 saturated heterocycles. The van der Waals surface area contributed by atoms with Gasteiger partial charge >= 0.3 is 5.97 Å². The zero-order valence-electron chi connectivity index (χ0n) is 33.8. The lowest BCUT2D eigenvalue weighted by molar-refractivity contribution is -0.703. The van der Waals surface area contributed by atoms with Crippen molar-refractivity contribution in [2.45, 2.75) is 145 Å². The van der Waals surface area contributed by atoms with Gasteiger partial charge in [0.15, 0.2) is 0 Å². The van der Waals surface area contributed by atoms with Crippen LogP contribution in [-0.2, 0) is 23.8 Å². The molecule has 12 N–H and O–H groups in total. The Hall–Kier alpha value is -2.00. The molecule has 14 heteroatoms. The number of hydrogen-bond donors (Lipinski definition) is 9. The summed E-state index contributed by atoms with van der Waals surface area (Å²) in [6.07, 6.45) is 3.28. The van der Waals surface area contributed by atoms with Crippen molar-refractivity contribution in [3.05, 3.63) is 11.6 Å². The minimum absolute atomic E-state index is 0.0354. The second-order valence-electron chi connectivity index (χ2n) is 18.8. The monoisotopic (exact) mass is 802 g/mol. The first-order valence-electron chi connectivity index (χ1n) is 21.9. The number of nitrogens with two attached hydrogens (primary N) is 3. The van der Waals surface area contributed by atoms with Gasteiger partial charge < -0.3 is 56.1 Å². The van der Waals surface area contributed by atoms with E-state index in [4.69, 9.17) is 25.7 Å². The van der Waals surface area contributed by atoms with E-state index in [1.807, 2.05) is 6.92 Å². The number of fused-ring (bicyclic) bond motifs is 3. The second-order valence-corrected chi connectivity index (χ2v) is 18.8. The number of carbonyl (C=O) groups is 2. The van der Waals surface area contributed by atoms with Crippen LogP contribution >= 0.6 is 0 Å². The lowest BCUT2D eigenvalue weighted by atomic mass is 9.48. The van der Waals surface area contributed by atoms with Crippen LogP contribution in [0.1, 0.15) is 90.9 Å². The van der Waals surface area contributed by atoms with E-state index < -0.39 is 83.9 Å². The summed E-state index contributed by atoms with van der Waals surface area (Å²) in [6.45, 7) is 3.98. The third-order valence-electron chi connectivity index (χ3n) is 15.7. The fourth-order valence-electron chi connectivity index (χ4n) is 12.6. The zero-order valence-corrected chi connectivity index (χ0v) is 33.8. The van der Waals surface area contributed by atoms with E-state index in [1.165, 1.54) is 6.08 Å². The highest BCUT2D eigenvalue weighted by Crippen LogP contribution is 2.60. The number of allylic oxidation sites excluding steroid dienone is 1. The predicted octanol–water partition coefficient (Wildman–Crippen LogP) is -0.572. The Morgan fingerprint density at radius 2 is 1.89 bits per heavy atom. The summed E-state index contributed by atoms with van der Waals surface area (Å²) in [7, 11) is 0. The van der Waals surface area contributed by atoms with Gasteiger partial charge in [-0.05, 0) is 89.5 Å². The number of hydrogen-bond acceptors (Lipinski definition) is 13. The van der Waals surface area contributed by atoms with Crippen LogP contribution in [0, 0.1) is 64.6 Å². The maximum absolute atomic E-state index is 14.3. The molecule has 0 radical (unpaired) electrons. The van der Waals surface area contributed by atoms with Crippen molar-refractivity contribution in [3.8, 4) is 11.8 Å². The first kappa shape index (κ1) is 43.1. The Kier molecular flexibility index (Phi) is 13.6. The molecule has 0 aromatic heterocycles. The van der Waals surface area contributed by atoms with Crippen molar-refractivity contribution in [3.63, 3.8) is 0 Å². The van der Waals surface area contributed by atoms with Gasteiger partial charge in [-0.1, -0.05) is 18.4 Å². The van der Waals surface area contributed by atoms with Crippen LogP contribution in [0.15, 0.2) is 11.6 Å².